The van der Waals surface area contributed by atoms with E-state index in [1.165, 1.54) is 0 Å². The lowest BCUT2D eigenvalue weighted by Gasteiger charge is -1.83. The fourth-order valence-corrected chi connectivity index (χ4v) is 0.358. The molecule has 0 amide bonds. The minimum atomic E-state index is 0.156. The van der Waals surface area contributed by atoms with Gasteiger partial charge in [0.2, 0.25) is 0 Å². The second-order valence-electron chi connectivity index (χ2n) is 1.96. The van der Waals surface area contributed by atoms with Gasteiger partial charge in [-0.3, -0.25) is 0 Å². The Morgan fingerprint density at radius 1 is 1.56 bits per heavy atom. The molecule has 0 atom stereocenters. The first kappa shape index (κ1) is 8.26. The van der Waals surface area contributed by atoms with Crippen molar-refractivity contribution >= 4 is 0 Å². The molecule has 0 aromatic rings. The molecule has 0 rings (SSSR count). The highest BCUT2D eigenvalue weighted by Gasteiger charge is 1.76. The van der Waals surface area contributed by atoms with Crippen LogP contribution in [0.15, 0.2) is 12.2 Å². The largest absolute Gasteiger partial charge is 0.395 e. The number of aliphatic hydroxyl groups is 1. The topological polar surface area (TPSA) is 20.2 Å². The summed E-state index contributed by atoms with van der Waals surface area (Å²) < 4.78 is 0. The molecule has 0 aromatic carbocycles. The van der Waals surface area contributed by atoms with Crippen molar-refractivity contribution in [2.24, 2.45) is 0 Å². The van der Waals surface area contributed by atoms with Crippen molar-refractivity contribution in [2.45, 2.75) is 19.8 Å². The first-order chi connectivity index (χ1) is 4.27. The molecule has 0 saturated heterocycles. The van der Waals surface area contributed by atoms with Crippen molar-refractivity contribution in [3.8, 4) is 11.8 Å². The van der Waals surface area contributed by atoms with Gasteiger partial charge in [0.15, 0.2) is 0 Å². The van der Waals surface area contributed by atoms with E-state index in [-0.39, 0.29) is 6.61 Å². The summed E-state index contributed by atoms with van der Waals surface area (Å²) >= 11 is 0. The van der Waals surface area contributed by atoms with Crippen LogP contribution in [-0.2, 0) is 0 Å². The predicted molar refractivity (Wildman–Crippen MR) is 38.9 cm³/mol. The molecule has 1 heteroatoms. The average Bonchev–Trinajstić information content (AvgIpc) is 1.80. The second kappa shape index (κ2) is 5.40. The summed E-state index contributed by atoms with van der Waals surface area (Å²) in [5.74, 6) is 5.68. The molecule has 1 nitrogen and oxygen atoms in total. The first-order valence-corrected chi connectivity index (χ1v) is 2.98. The maximum Gasteiger partial charge on any atom is 0.0540 e. The lowest BCUT2D eigenvalue weighted by molar-refractivity contribution is 0.305. The van der Waals surface area contributed by atoms with Crippen molar-refractivity contribution < 1.29 is 5.11 Å². The Labute approximate surface area is 56.4 Å². The van der Waals surface area contributed by atoms with Crippen molar-refractivity contribution in [1.82, 2.24) is 0 Å². The minimum Gasteiger partial charge on any atom is -0.395 e. The van der Waals surface area contributed by atoms with Crippen LogP contribution >= 0.6 is 0 Å². The Balaban J connectivity index is 3.26. The zero-order valence-corrected chi connectivity index (χ0v) is 5.78. The van der Waals surface area contributed by atoms with Crippen molar-refractivity contribution in [1.29, 1.82) is 0 Å². The number of rotatable bonds is 2. The van der Waals surface area contributed by atoms with E-state index in [4.69, 9.17) is 5.11 Å². The first-order valence-electron chi connectivity index (χ1n) is 2.98. The standard InChI is InChI=1S/C8H12O/c1-8(2)6-4-3-5-7-9/h9H,1,5-7H2,2H3. The monoisotopic (exact) mass is 124 g/mol. The van der Waals surface area contributed by atoms with Gasteiger partial charge in [-0.05, 0) is 6.92 Å². The summed E-state index contributed by atoms with van der Waals surface area (Å²) in [5.41, 5.74) is 1.07. The predicted octanol–water partition coefficient (Wildman–Crippen LogP) is 1.34. The number of allylic oxidation sites excluding steroid dienone is 1. The van der Waals surface area contributed by atoms with E-state index in [1.807, 2.05) is 6.92 Å². The molecule has 0 radical (unpaired) electrons. The molecular weight excluding hydrogens is 112 g/mol. The van der Waals surface area contributed by atoms with E-state index in [9.17, 15) is 0 Å². The third kappa shape index (κ3) is 7.26. The third-order valence-electron chi connectivity index (χ3n) is 0.752. The Morgan fingerprint density at radius 3 is 2.67 bits per heavy atom. The molecule has 0 fully saturated rings. The summed E-state index contributed by atoms with van der Waals surface area (Å²) in [5, 5.41) is 8.31. The van der Waals surface area contributed by atoms with Gasteiger partial charge >= 0.3 is 0 Å². The minimum absolute atomic E-state index is 0.156. The summed E-state index contributed by atoms with van der Waals surface area (Å²) in [6.45, 7) is 5.78. The van der Waals surface area contributed by atoms with Crippen LogP contribution in [0.3, 0.4) is 0 Å². The van der Waals surface area contributed by atoms with Gasteiger partial charge in [0.1, 0.15) is 0 Å². The van der Waals surface area contributed by atoms with Gasteiger partial charge in [-0.25, -0.2) is 0 Å². The summed E-state index contributed by atoms with van der Waals surface area (Å²) in [6, 6.07) is 0. The highest BCUT2D eigenvalue weighted by Crippen LogP contribution is 1.90. The molecular formula is C8H12O. The van der Waals surface area contributed by atoms with E-state index in [0.29, 0.717) is 6.42 Å². The molecule has 0 heterocycles. The van der Waals surface area contributed by atoms with E-state index >= 15 is 0 Å². The molecule has 0 bridgehead atoms. The number of hydrogen-bond acceptors (Lipinski definition) is 1. The van der Waals surface area contributed by atoms with Gasteiger partial charge in [0.25, 0.3) is 0 Å². The summed E-state index contributed by atoms with van der Waals surface area (Å²) in [7, 11) is 0. The molecule has 0 saturated carbocycles. The molecule has 0 spiro atoms. The van der Waals surface area contributed by atoms with Crippen LogP contribution in [0.25, 0.3) is 0 Å². The van der Waals surface area contributed by atoms with Crippen LogP contribution in [0.1, 0.15) is 19.8 Å². The maximum atomic E-state index is 8.31. The molecule has 50 valence electrons. The molecule has 0 aliphatic heterocycles. The molecule has 0 aliphatic carbocycles. The van der Waals surface area contributed by atoms with E-state index in [2.05, 4.69) is 18.4 Å². The highest BCUT2D eigenvalue weighted by molar-refractivity contribution is 5.08. The quantitative estimate of drug-likeness (QED) is 0.435. The number of aliphatic hydroxyl groups excluding tert-OH is 1. The smallest absolute Gasteiger partial charge is 0.0540 e. The fraction of sp³-hybridized carbons (Fsp3) is 0.500. The van der Waals surface area contributed by atoms with Gasteiger partial charge < -0.3 is 5.11 Å². The second-order valence-corrected chi connectivity index (χ2v) is 1.96. The van der Waals surface area contributed by atoms with E-state index < -0.39 is 0 Å². The van der Waals surface area contributed by atoms with Crippen molar-refractivity contribution in [3.63, 3.8) is 0 Å². The van der Waals surface area contributed by atoms with Gasteiger partial charge in [-0.2, -0.15) is 0 Å². The van der Waals surface area contributed by atoms with Gasteiger partial charge in [0.05, 0.1) is 6.61 Å². The molecule has 0 aromatic heterocycles. The summed E-state index contributed by atoms with van der Waals surface area (Å²) in [6.07, 6.45) is 1.33. The van der Waals surface area contributed by atoms with Crippen LogP contribution in [0.5, 0.6) is 0 Å². The Bertz CT molecular complexity index is 136. The lowest BCUT2D eigenvalue weighted by Crippen LogP contribution is -1.76. The Hall–Kier alpha value is -0.740. The molecule has 0 aliphatic rings. The summed E-state index contributed by atoms with van der Waals surface area (Å²) in [4.78, 5) is 0. The lowest BCUT2D eigenvalue weighted by atomic mass is 10.2. The molecule has 0 unspecified atom stereocenters. The van der Waals surface area contributed by atoms with E-state index in [1.54, 1.807) is 0 Å². The van der Waals surface area contributed by atoms with Gasteiger partial charge in [-0.1, -0.05) is 18.1 Å². The number of hydrogen-bond donors (Lipinski definition) is 1. The Kier molecular flexibility index (Phi) is 4.95. The van der Waals surface area contributed by atoms with Gasteiger partial charge in [-0.15, -0.1) is 5.92 Å². The van der Waals surface area contributed by atoms with Crippen LogP contribution in [0.2, 0.25) is 0 Å². The molecule has 1 N–H and O–H groups in total. The van der Waals surface area contributed by atoms with Crippen molar-refractivity contribution in [3.05, 3.63) is 12.2 Å². The SMILES string of the molecule is C=C(C)CC#CCCO. The Morgan fingerprint density at radius 2 is 2.22 bits per heavy atom. The average molecular weight is 124 g/mol. The highest BCUT2D eigenvalue weighted by atomic mass is 16.2. The van der Waals surface area contributed by atoms with Crippen LogP contribution in [0, 0.1) is 11.8 Å². The van der Waals surface area contributed by atoms with Crippen molar-refractivity contribution in [2.75, 3.05) is 6.61 Å². The van der Waals surface area contributed by atoms with Gasteiger partial charge in [0, 0.05) is 12.8 Å². The zero-order valence-electron chi connectivity index (χ0n) is 5.78. The van der Waals surface area contributed by atoms with Crippen LogP contribution in [-0.4, -0.2) is 11.7 Å². The third-order valence-corrected chi connectivity index (χ3v) is 0.752. The zero-order chi connectivity index (χ0) is 7.11. The molecule has 9 heavy (non-hydrogen) atoms. The van der Waals surface area contributed by atoms with E-state index in [0.717, 1.165) is 12.0 Å². The van der Waals surface area contributed by atoms with Crippen LogP contribution < -0.4 is 0 Å². The fourth-order valence-electron chi connectivity index (χ4n) is 0.358. The normalized spacial score (nSPS) is 7.78. The maximum absolute atomic E-state index is 8.31. The van der Waals surface area contributed by atoms with Crippen LogP contribution in [0.4, 0.5) is 0 Å².